The molecule has 2 rings (SSSR count). The van der Waals surface area contributed by atoms with E-state index in [4.69, 9.17) is 0 Å². The summed E-state index contributed by atoms with van der Waals surface area (Å²) in [5, 5.41) is 7.79. The summed E-state index contributed by atoms with van der Waals surface area (Å²) >= 11 is 0. The normalized spacial score (nSPS) is 19.7. The van der Waals surface area contributed by atoms with E-state index in [9.17, 15) is 4.79 Å². The zero-order valence-corrected chi connectivity index (χ0v) is 12.1. The van der Waals surface area contributed by atoms with Crippen LogP contribution in [0.4, 0.5) is 0 Å². The third kappa shape index (κ3) is 3.15. The number of aromatic nitrogens is 2. The molecule has 1 atom stereocenters. The van der Waals surface area contributed by atoms with E-state index in [1.807, 2.05) is 24.8 Å². The van der Waals surface area contributed by atoms with E-state index < -0.39 is 0 Å². The van der Waals surface area contributed by atoms with Crippen LogP contribution in [-0.4, -0.2) is 46.3 Å². The van der Waals surface area contributed by atoms with Crippen molar-refractivity contribution in [2.24, 2.45) is 0 Å². The monoisotopic (exact) mass is 264 g/mol. The predicted octanol–water partition coefficient (Wildman–Crippen LogP) is 1.43. The smallest absolute Gasteiger partial charge is 0.272 e. The number of hydrogen-bond donors (Lipinski definition) is 1. The van der Waals surface area contributed by atoms with Crippen LogP contribution in [0.2, 0.25) is 0 Å². The molecule has 0 aromatic carbocycles. The van der Waals surface area contributed by atoms with Gasteiger partial charge in [0.25, 0.3) is 5.91 Å². The van der Waals surface area contributed by atoms with Gasteiger partial charge < -0.3 is 10.2 Å². The fourth-order valence-corrected chi connectivity index (χ4v) is 2.74. The van der Waals surface area contributed by atoms with Gasteiger partial charge in [0, 0.05) is 25.7 Å². The van der Waals surface area contributed by atoms with E-state index in [1.165, 1.54) is 0 Å². The van der Waals surface area contributed by atoms with Crippen LogP contribution in [0, 0.1) is 6.92 Å². The lowest BCUT2D eigenvalue weighted by atomic mass is 10.1. The van der Waals surface area contributed by atoms with Gasteiger partial charge in [0.15, 0.2) is 0 Å². The Hall–Kier alpha value is -1.36. The van der Waals surface area contributed by atoms with Crippen molar-refractivity contribution in [1.29, 1.82) is 0 Å². The first-order valence-corrected chi connectivity index (χ1v) is 7.22. The van der Waals surface area contributed by atoms with Crippen LogP contribution in [-0.2, 0) is 6.54 Å². The Morgan fingerprint density at radius 3 is 3.00 bits per heavy atom. The highest BCUT2D eigenvalue weighted by Crippen LogP contribution is 2.14. The van der Waals surface area contributed by atoms with Gasteiger partial charge in [-0.1, -0.05) is 6.92 Å². The highest BCUT2D eigenvalue weighted by atomic mass is 16.2. The fraction of sp³-hybridized carbons (Fsp3) is 0.714. The number of carbonyl (C=O) groups excluding carboxylic acids is 1. The third-order valence-corrected chi connectivity index (χ3v) is 3.62. The number of likely N-dealkylation sites (tertiary alicyclic amines) is 1. The first kappa shape index (κ1) is 14.1. The minimum absolute atomic E-state index is 0.116. The van der Waals surface area contributed by atoms with Gasteiger partial charge in [0.2, 0.25) is 0 Å². The van der Waals surface area contributed by atoms with Gasteiger partial charge in [-0.25, -0.2) is 0 Å². The van der Waals surface area contributed by atoms with Crippen molar-refractivity contribution in [2.75, 3.05) is 19.6 Å². The van der Waals surface area contributed by atoms with E-state index in [0.717, 1.165) is 50.4 Å². The van der Waals surface area contributed by atoms with Crippen molar-refractivity contribution in [2.45, 2.75) is 46.2 Å². The maximum atomic E-state index is 12.6. The summed E-state index contributed by atoms with van der Waals surface area (Å²) in [5.74, 6) is 0.116. The van der Waals surface area contributed by atoms with Crippen molar-refractivity contribution in [3.05, 3.63) is 17.5 Å². The second-order valence-corrected chi connectivity index (χ2v) is 5.13. The van der Waals surface area contributed by atoms with Crippen LogP contribution in [0.5, 0.6) is 0 Å². The molecule has 5 nitrogen and oxygen atoms in total. The SMILES string of the molecule is CCNC1CCCN(C(=O)c2cc(C)nn2CC)C1. The molecule has 1 amide bonds. The molecule has 19 heavy (non-hydrogen) atoms. The molecule has 0 saturated carbocycles. The molecule has 2 heterocycles. The molecule has 0 aliphatic carbocycles. The Morgan fingerprint density at radius 1 is 1.53 bits per heavy atom. The zero-order chi connectivity index (χ0) is 13.8. The van der Waals surface area contributed by atoms with Gasteiger partial charge in [-0.2, -0.15) is 5.10 Å². The number of likely N-dealkylation sites (N-methyl/N-ethyl adjacent to an activating group) is 1. The van der Waals surface area contributed by atoms with E-state index >= 15 is 0 Å². The molecule has 0 bridgehead atoms. The molecule has 1 fully saturated rings. The Kier molecular flexibility index (Phi) is 4.58. The number of hydrogen-bond acceptors (Lipinski definition) is 3. The van der Waals surface area contributed by atoms with E-state index in [2.05, 4.69) is 17.3 Å². The van der Waals surface area contributed by atoms with Gasteiger partial charge in [0.1, 0.15) is 5.69 Å². The van der Waals surface area contributed by atoms with Crippen LogP contribution < -0.4 is 5.32 Å². The molecule has 1 saturated heterocycles. The minimum atomic E-state index is 0.116. The average Bonchev–Trinajstić information content (AvgIpc) is 2.80. The summed E-state index contributed by atoms with van der Waals surface area (Å²) in [5.41, 5.74) is 1.63. The quantitative estimate of drug-likeness (QED) is 0.895. The topological polar surface area (TPSA) is 50.2 Å². The first-order chi connectivity index (χ1) is 9.15. The molecule has 0 radical (unpaired) electrons. The van der Waals surface area contributed by atoms with Gasteiger partial charge in [-0.3, -0.25) is 9.48 Å². The summed E-state index contributed by atoms with van der Waals surface area (Å²) in [4.78, 5) is 14.5. The number of nitrogens with zero attached hydrogens (tertiary/aromatic N) is 3. The number of piperidine rings is 1. The molecular formula is C14H24N4O. The second-order valence-electron chi connectivity index (χ2n) is 5.13. The van der Waals surface area contributed by atoms with Crippen molar-refractivity contribution in [1.82, 2.24) is 20.0 Å². The van der Waals surface area contributed by atoms with Gasteiger partial charge in [-0.05, 0) is 39.3 Å². The highest BCUT2D eigenvalue weighted by molar-refractivity contribution is 5.92. The Balaban J connectivity index is 2.10. The summed E-state index contributed by atoms with van der Waals surface area (Å²) in [6.07, 6.45) is 2.23. The van der Waals surface area contributed by atoms with Gasteiger partial charge in [0.05, 0.1) is 5.69 Å². The van der Waals surface area contributed by atoms with E-state index in [-0.39, 0.29) is 5.91 Å². The Bertz CT molecular complexity index is 439. The molecule has 1 aliphatic heterocycles. The van der Waals surface area contributed by atoms with Crippen LogP contribution >= 0.6 is 0 Å². The van der Waals surface area contributed by atoms with Crippen LogP contribution in [0.15, 0.2) is 6.07 Å². The van der Waals surface area contributed by atoms with E-state index in [1.54, 1.807) is 4.68 Å². The number of carbonyl (C=O) groups is 1. The van der Waals surface area contributed by atoms with Crippen molar-refractivity contribution in [3.8, 4) is 0 Å². The average molecular weight is 264 g/mol. The standard InChI is InChI=1S/C14H24N4O/c1-4-15-12-7-6-8-17(10-12)14(19)13-9-11(3)16-18(13)5-2/h9,12,15H,4-8,10H2,1-3H3. The van der Waals surface area contributed by atoms with Crippen LogP contribution in [0.1, 0.15) is 42.9 Å². The maximum Gasteiger partial charge on any atom is 0.272 e. The maximum absolute atomic E-state index is 12.6. The number of nitrogens with one attached hydrogen (secondary N) is 1. The summed E-state index contributed by atoms with van der Waals surface area (Å²) < 4.78 is 1.80. The molecule has 1 unspecified atom stereocenters. The lowest BCUT2D eigenvalue weighted by Gasteiger charge is -2.33. The lowest BCUT2D eigenvalue weighted by molar-refractivity contribution is 0.0683. The number of aryl methyl sites for hydroxylation is 2. The summed E-state index contributed by atoms with van der Waals surface area (Å²) in [6.45, 7) is 9.41. The molecule has 5 heteroatoms. The largest absolute Gasteiger partial charge is 0.336 e. The Morgan fingerprint density at radius 2 is 2.32 bits per heavy atom. The molecule has 1 aliphatic rings. The van der Waals surface area contributed by atoms with Gasteiger partial charge in [-0.15, -0.1) is 0 Å². The molecule has 1 N–H and O–H groups in total. The molecular weight excluding hydrogens is 240 g/mol. The number of rotatable bonds is 4. The Labute approximate surface area is 115 Å². The lowest BCUT2D eigenvalue weighted by Crippen LogP contribution is -2.48. The predicted molar refractivity (Wildman–Crippen MR) is 75.2 cm³/mol. The molecule has 106 valence electrons. The minimum Gasteiger partial charge on any atom is -0.336 e. The van der Waals surface area contributed by atoms with E-state index in [0.29, 0.717) is 6.04 Å². The van der Waals surface area contributed by atoms with Crippen LogP contribution in [0.25, 0.3) is 0 Å². The fourth-order valence-electron chi connectivity index (χ4n) is 2.74. The first-order valence-electron chi connectivity index (χ1n) is 7.22. The summed E-state index contributed by atoms with van der Waals surface area (Å²) in [7, 11) is 0. The molecule has 1 aromatic heterocycles. The highest BCUT2D eigenvalue weighted by Gasteiger charge is 2.26. The van der Waals surface area contributed by atoms with Gasteiger partial charge >= 0.3 is 0 Å². The molecule has 0 spiro atoms. The zero-order valence-electron chi connectivity index (χ0n) is 12.1. The van der Waals surface area contributed by atoms with Crippen molar-refractivity contribution in [3.63, 3.8) is 0 Å². The number of amides is 1. The third-order valence-electron chi connectivity index (χ3n) is 3.62. The van der Waals surface area contributed by atoms with Crippen molar-refractivity contribution >= 4 is 5.91 Å². The second kappa shape index (κ2) is 6.19. The van der Waals surface area contributed by atoms with Crippen molar-refractivity contribution < 1.29 is 4.79 Å². The molecule has 1 aromatic rings. The van der Waals surface area contributed by atoms with Crippen LogP contribution in [0.3, 0.4) is 0 Å². The summed E-state index contributed by atoms with van der Waals surface area (Å²) in [6, 6.07) is 2.32.